The highest BCUT2D eigenvalue weighted by Gasteiger charge is 2.21. The number of ether oxygens (including phenoxy) is 1. The zero-order valence-electron chi connectivity index (χ0n) is 18.7. The molecule has 6 nitrogen and oxygen atoms in total. The van der Waals surface area contributed by atoms with E-state index in [1.54, 1.807) is 42.7 Å². The summed E-state index contributed by atoms with van der Waals surface area (Å²) in [4.78, 5) is 6.72. The van der Waals surface area contributed by atoms with E-state index in [-0.39, 0.29) is 30.6 Å². The second kappa shape index (κ2) is 13.2. The standard InChI is InChI=1S/C24H28FN3O3S.2ClH/c25-21-4-6-22(7-5-21)31-17-16-28-14-10-19(11-15-28)8-13-27-32(29,30)24-3-1-2-20-18-26-12-9-23(20)24;;/h1-7,9,12,18-19,27H,8,10-11,13-17H2;2*1H. The van der Waals surface area contributed by atoms with Crippen LogP contribution in [0.1, 0.15) is 19.3 Å². The molecule has 0 aliphatic carbocycles. The highest BCUT2D eigenvalue weighted by atomic mass is 35.5. The predicted octanol–water partition coefficient (Wildman–Crippen LogP) is 4.68. The first-order valence-electron chi connectivity index (χ1n) is 10.9. The van der Waals surface area contributed by atoms with Crippen LogP contribution in [-0.4, -0.2) is 51.1 Å². The molecule has 0 unspecified atom stereocenters. The number of pyridine rings is 1. The Balaban J connectivity index is 0.00000204. The molecule has 2 heterocycles. The van der Waals surface area contributed by atoms with Crippen molar-refractivity contribution in [1.82, 2.24) is 14.6 Å². The maximum Gasteiger partial charge on any atom is 0.241 e. The largest absolute Gasteiger partial charge is 0.492 e. The smallest absolute Gasteiger partial charge is 0.241 e. The molecule has 4 rings (SSSR count). The van der Waals surface area contributed by atoms with Gasteiger partial charge in [-0.2, -0.15) is 0 Å². The average Bonchev–Trinajstić information content (AvgIpc) is 2.81. The molecule has 186 valence electrons. The predicted molar refractivity (Wildman–Crippen MR) is 137 cm³/mol. The lowest BCUT2D eigenvalue weighted by Crippen LogP contribution is -2.37. The summed E-state index contributed by atoms with van der Waals surface area (Å²) in [6.45, 7) is 3.77. The van der Waals surface area contributed by atoms with E-state index < -0.39 is 10.0 Å². The third-order valence-electron chi connectivity index (χ3n) is 5.97. The monoisotopic (exact) mass is 529 g/mol. The van der Waals surface area contributed by atoms with E-state index >= 15 is 0 Å². The molecule has 1 N–H and O–H groups in total. The molecule has 0 spiro atoms. The molecule has 3 aromatic rings. The van der Waals surface area contributed by atoms with E-state index in [4.69, 9.17) is 4.74 Å². The molecule has 34 heavy (non-hydrogen) atoms. The van der Waals surface area contributed by atoms with E-state index in [0.29, 0.717) is 35.1 Å². The number of hydrogen-bond donors (Lipinski definition) is 1. The zero-order valence-corrected chi connectivity index (χ0v) is 21.2. The first-order valence-corrected chi connectivity index (χ1v) is 12.4. The summed E-state index contributed by atoms with van der Waals surface area (Å²) in [5, 5.41) is 1.50. The average molecular weight is 530 g/mol. The highest BCUT2D eigenvalue weighted by Crippen LogP contribution is 2.23. The lowest BCUT2D eigenvalue weighted by atomic mass is 9.94. The van der Waals surface area contributed by atoms with Crippen molar-refractivity contribution in [2.75, 3.05) is 32.8 Å². The topological polar surface area (TPSA) is 71.5 Å². The van der Waals surface area contributed by atoms with Gasteiger partial charge in [0.05, 0.1) is 4.90 Å². The van der Waals surface area contributed by atoms with Gasteiger partial charge in [-0.3, -0.25) is 9.88 Å². The van der Waals surface area contributed by atoms with Crippen LogP contribution in [0.2, 0.25) is 0 Å². The van der Waals surface area contributed by atoms with Gasteiger partial charge in [0.25, 0.3) is 0 Å². The molecule has 1 saturated heterocycles. The number of benzene rings is 2. The minimum Gasteiger partial charge on any atom is -0.492 e. The van der Waals surface area contributed by atoms with E-state index in [2.05, 4.69) is 14.6 Å². The second-order valence-corrected chi connectivity index (χ2v) is 9.86. The van der Waals surface area contributed by atoms with Crippen molar-refractivity contribution in [2.45, 2.75) is 24.2 Å². The summed E-state index contributed by atoms with van der Waals surface area (Å²) in [6.07, 6.45) is 6.19. The first kappa shape index (κ1) is 28.3. The number of halogens is 3. The van der Waals surface area contributed by atoms with E-state index in [0.717, 1.165) is 44.3 Å². The van der Waals surface area contributed by atoms with Gasteiger partial charge in [-0.15, -0.1) is 24.8 Å². The summed E-state index contributed by atoms with van der Waals surface area (Å²) < 4.78 is 47.0. The molecule has 10 heteroatoms. The second-order valence-electron chi connectivity index (χ2n) is 8.13. The fraction of sp³-hybridized carbons (Fsp3) is 0.375. The zero-order chi connectivity index (χ0) is 22.4. The summed E-state index contributed by atoms with van der Waals surface area (Å²) in [6, 6.07) is 13.0. The van der Waals surface area contributed by atoms with Crippen LogP contribution in [0.4, 0.5) is 4.39 Å². The molecule has 1 aliphatic heterocycles. The molecule has 1 aliphatic rings. The Labute approximate surface area is 212 Å². The molecule has 0 saturated carbocycles. The van der Waals surface area contributed by atoms with Crippen LogP contribution in [0.25, 0.3) is 10.8 Å². The van der Waals surface area contributed by atoms with Gasteiger partial charge in [-0.25, -0.2) is 17.5 Å². The van der Waals surface area contributed by atoms with Crippen molar-refractivity contribution in [3.8, 4) is 5.75 Å². The SMILES string of the molecule is Cl.Cl.O=S(=O)(NCCC1CCN(CCOc2ccc(F)cc2)CC1)c1cccc2cnccc12. The van der Waals surface area contributed by atoms with Crippen LogP contribution in [0.15, 0.2) is 65.8 Å². The molecule has 1 aromatic heterocycles. The number of rotatable bonds is 9. The summed E-state index contributed by atoms with van der Waals surface area (Å²) in [5.74, 6) is 0.913. The molecule has 2 aromatic carbocycles. The van der Waals surface area contributed by atoms with E-state index in [9.17, 15) is 12.8 Å². The fourth-order valence-corrected chi connectivity index (χ4v) is 5.40. The third kappa shape index (κ3) is 7.52. The number of hydrogen-bond acceptors (Lipinski definition) is 5. The number of nitrogens with one attached hydrogen (secondary N) is 1. The quantitative estimate of drug-likeness (QED) is 0.435. The Kier molecular flexibility index (Phi) is 11.0. The van der Waals surface area contributed by atoms with Crippen molar-refractivity contribution >= 4 is 45.6 Å². The lowest BCUT2D eigenvalue weighted by Gasteiger charge is -2.31. The van der Waals surface area contributed by atoms with Gasteiger partial charge < -0.3 is 4.74 Å². The van der Waals surface area contributed by atoms with Gasteiger partial charge in [0.2, 0.25) is 10.0 Å². The van der Waals surface area contributed by atoms with Gasteiger partial charge in [-0.1, -0.05) is 12.1 Å². The van der Waals surface area contributed by atoms with Crippen molar-refractivity contribution < 1.29 is 17.5 Å². The van der Waals surface area contributed by atoms with Crippen LogP contribution >= 0.6 is 24.8 Å². The molecular weight excluding hydrogens is 500 g/mol. The number of sulfonamides is 1. The van der Waals surface area contributed by atoms with Gasteiger partial charge in [0.15, 0.2) is 0 Å². The number of nitrogens with zero attached hydrogens (tertiary/aromatic N) is 2. The summed E-state index contributed by atoms with van der Waals surface area (Å²) >= 11 is 0. The van der Waals surface area contributed by atoms with Crippen molar-refractivity contribution in [3.05, 3.63) is 66.7 Å². The van der Waals surface area contributed by atoms with Crippen LogP contribution in [0, 0.1) is 11.7 Å². The Hall–Kier alpha value is -1.97. The number of likely N-dealkylation sites (tertiary alicyclic amines) is 1. The van der Waals surface area contributed by atoms with E-state index in [1.165, 1.54) is 12.1 Å². The van der Waals surface area contributed by atoms with Crippen molar-refractivity contribution in [2.24, 2.45) is 5.92 Å². The molecule has 0 bridgehead atoms. The molecule has 1 fully saturated rings. The van der Waals surface area contributed by atoms with Gasteiger partial charge in [-0.05, 0) is 74.7 Å². The Morgan fingerprint density at radius 3 is 2.53 bits per heavy atom. The molecule has 0 atom stereocenters. The Bertz CT molecular complexity index is 1140. The maximum atomic E-state index is 12.9. The Morgan fingerprint density at radius 2 is 1.79 bits per heavy atom. The summed E-state index contributed by atoms with van der Waals surface area (Å²) in [5.41, 5.74) is 0. The van der Waals surface area contributed by atoms with Crippen LogP contribution < -0.4 is 9.46 Å². The normalized spacial score (nSPS) is 14.9. The number of fused-ring (bicyclic) bond motifs is 1. The number of aromatic nitrogens is 1. The van der Waals surface area contributed by atoms with Crippen LogP contribution in [0.5, 0.6) is 5.75 Å². The third-order valence-corrected chi connectivity index (χ3v) is 7.49. The molecular formula is C24H30Cl2FN3O3S. The lowest BCUT2D eigenvalue weighted by molar-refractivity contribution is 0.152. The highest BCUT2D eigenvalue weighted by molar-refractivity contribution is 7.89. The fourth-order valence-electron chi connectivity index (χ4n) is 4.12. The minimum absolute atomic E-state index is 0. The maximum absolute atomic E-state index is 12.9. The van der Waals surface area contributed by atoms with Gasteiger partial charge in [0.1, 0.15) is 18.2 Å². The first-order chi connectivity index (χ1) is 15.5. The van der Waals surface area contributed by atoms with Gasteiger partial charge >= 0.3 is 0 Å². The Morgan fingerprint density at radius 1 is 1.06 bits per heavy atom. The molecule has 0 amide bonds. The molecule has 0 radical (unpaired) electrons. The van der Waals surface area contributed by atoms with Crippen molar-refractivity contribution in [1.29, 1.82) is 0 Å². The van der Waals surface area contributed by atoms with E-state index in [1.807, 2.05) is 6.07 Å². The minimum atomic E-state index is -3.57. The van der Waals surface area contributed by atoms with Crippen LogP contribution in [0.3, 0.4) is 0 Å². The van der Waals surface area contributed by atoms with Crippen LogP contribution in [-0.2, 0) is 10.0 Å². The number of piperidine rings is 1. The summed E-state index contributed by atoms with van der Waals surface area (Å²) in [7, 11) is -3.57. The van der Waals surface area contributed by atoms with Crippen molar-refractivity contribution in [3.63, 3.8) is 0 Å². The van der Waals surface area contributed by atoms with Gasteiger partial charge in [0, 0.05) is 36.3 Å².